The number of allylic oxidation sites excluding steroid dienone is 4. The first kappa shape index (κ1) is 45.3. The standard InChI is InChI=1S/C42H80N4O3/c1-3-5-17-23-37-29-30-38(24-19-13-11-12-15-21-27-41(47)46-36-35-45-34-33-44-32-31-43)40(39(37)25-18-6-4-2)26-20-14-9-7-8-10-16-22-28-42(48)49/h14,20,30,37,39-40,44-45H,3-13,15-19,21-29,31-36,43H2,1-2H3,(H,46,47)(H,48,49). The van der Waals surface area contributed by atoms with Gasteiger partial charge < -0.3 is 26.8 Å². The molecule has 0 bridgehead atoms. The summed E-state index contributed by atoms with van der Waals surface area (Å²) in [6, 6.07) is 0. The van der Waals surface area contributed by atoms with E-state index in [0.29, 0.717) is 31.8 Å². The second-order valence-electron chi connectivity index (χ2n) is 14.7. The first-order valence-electron chi connectivity index (χ1n) is 21.0. The molecule has 0 radical (unpaired) electrons. The van der Waals surface area contributed by atoms with Crippen molar-refractivity contribution in [1.82, 2.24) is 16.0 Å². The van der Waals surface area contributed by atoms with Gasteiger partial charge in [-0.05, 0) is 82.0 Å². The van der Waals surface area contributed by atoms with Crippen molar-refractivity contribution in [3.05, 3.63) is 23.8 Å². The first-order valence-corrected chi connectivity index (χ1v) is 21.0. The minimum absolute atomic E-state index is 0.182. The molecule has 0 aromatic carbocycles. The predicted octanol–water partition coefficient (Wildman–Crippen LogP) is 9.46. The predicted molar refractivity (Wildman–Crippen MR) is 210 cm³/mol. The Morgan fingerprint density at radius 2 is 1.35 bits per heavy atom. The number of carbonyl (C=O) groups excluding carboxylic acids is 1. The lowest BCUT2D eigenvalue weighted by molar-refractivity contribution is -0.137. The van der Waals surface area contributed by atoms with Crippen molar-refractivity contribution in [3.63, 3.8) is 0 Å². The van der Waals surface area contributed by atoms with Crippen LogP contribution in [0.4, 0.5) is 0 Å². The smallest absolute Gasteiger partial charge is 0.303 e. The SMILES string of the molecule is CCCCCC1CC=C(CCCCCCCCC(=O)NCCNCCNCCN)C(CC=CCCCCCCCC(=O)O)C1CCCCC. The minimum atomic E-state index is -0.670. The highest BCUT2D eigenvalue weighted by atomic mass is 16.4. The summed E-state index contributed by atoms with van der Waals surface area (Å²) in [7, 11) is 0. The van der Waals surface area contributed by atoms with Crippen LogP contribution in [0, 0.1) is 17.8 Å². The first-order chi connectivity index (χ1) is 24.0. The van der Waals surface area contributed by atoms with Gasteiger partial charge >= 0.3 is 5.97 Å². The zero-order valence-corrected chi connectivity index (χ0v) is 32.2. The highest BCUT2D eigenvalue weighted by Crippen LogP contribution is 2.44. The van der Waals surface area contributed by atoms with Gasteiger partial charge in [-0.1, -0.05) is 121 Å². The third-order valence-corrected chi connectivity index (χ3v) is 10.5. The Balaban J connectivity index is 2.46. The maximum atomic E-state index is 12.2. The summed E-state index contributed by atoms with van der Waals surface area (Å²) in [6.45, 7) is 9.46. The molecular weight excluding hydrogens is 608 g/mol. The van der Waals surface area contributed by atoms with E-state index in [0.717, 1.165) is 76.5 Å². The molecule has 1 aliphatic rings. The van der Waals surface area contributed by atoms with Gasteiger partial charge in [0.2, 0.25) is 5.91 Å². The molecular formula is C42H80N4O3. The maximum Gasteiger partial charge on any atom is 0.303 e. The second-order valence-corrected chi connectivity index (χ2v) is 14.7. The van der Waals surface area contributed by atoms with E-state index in [9.17, 15) is 9.59 Å². The molecule has 3 unspecified atom stereocenters. The lowest BCUT2D eigenvalue weighted by atomic mass is 9.66. The van der Waals surface area contributed by atoms with Crippen molar-refractivity contribution in [2.24, 2.45) is 23.5 Å². The molecule has 0 saturated carbocycles. The number of carboxylic acids is 1. The molecule has 286 valence electrons. The molecule has 7 nitrogen and oxygen atoms in total. The molecule has 0 aromatic rings. The van der Waals surface area contributed by atoms with Gasteiger partial charge in [0, 0.05) is 52.1 Å². The van der Waals surface area contributed by atoms with Crippen molar-refractivity contribution in [2.75, 3.05) is 39.3 Å². The molecule has 0 spiro atoms. The van der Waals surface area contributed by atoms with Gasteiger partial charge in [0.25, 0.3) is 0 Å². The summed E-state index contributed by atoms with van der Waals surface area (Å²) in [6.07, 6.45) is 37.1. The lowest BCUT2D eigenvalue weighted by Gasteiger charge is -2.39. The van der Waals surface area contributed by atoms with E-state index >= 15 is 0 Å². The van der Waals surface area contributed by atoms with E-state index < -0.39 is 5.97 Å². The van der Waals surface area contributed by atoms with E-state index in [1.165, 1.54) is 109 Å². The number of aliphatic carboxylic acids is 1. The van der Waals surface area contributed by atoms with Gasteiger partial charge in [-0.25, -0.2) is 0 Å². The molecule has 0 saturated heterocycles. The number of nitrogens with two attached hydrogens (primary N) is 1. The Labute approximate surface area is 302 Å². The van der Waals surface area contributed by atoms with Crippen LogP contribution in [0.15, 0.2) is 23.8 Å². The zero-order chi connectivity index (χ0) is 35.6. The van der Waals surface area contributed by atoms with Crippen LogP contribution in [0.2, 0.25) is 0 Å². The van der Waals surface area contributed by atoms with E-state index in [-0.39, 0.29) is 5.91 Å². The van der Waals surface area contributed by atoms with E-state index in [1.807, 2.05) is 0 Å². The van der Waals surface area contributed by atoms with Crippen molar-refractivity contribution in [2.45, 2.75) is 174 Å². The maximum absolute atomic E-state index is 12.2. The Kier molecular flexibility index (Phi) is 30.9. The number of hydrogen-bond donors (Lipinski definition) is 5. The number of nitrogens with one attached hydrogen (secondary N) is 3. The van der Waals surface area contributed by atoms with Gasteiger partial charge in [-0.15, -0.1) is 0 Å². The van der Waals surface area contributed by atoms with E-state index in [4.69, 9.17) is 10.8 Å². The Morgan fingerprint density at radius 1 is 0.735 bits per heavy atom. The van der Waals surface area contributed by atoms with Crippen LogP contribution in [-0.4, -0.2) is 56.3 Å². The molecule has 1 rings (SSSR count). The van der Waals surface area contributed by atoms with Gasteiger partial charge in [-0.2, -0.15) is 0 Å². The Bertz CT molecular complexity index is 846. The third kappa shape index (κ3) is 25.8. The lowest BCUT2D eigenvalue weighted by Crippen LogP contribution is -2.35. The number of carbonyl (C=O) groups is 2. The monoisotopic (exact) mass is 689 g/mol. The average Bonchev–Trinajstić information content (AvgIpc) is 3.09. The summed E-state index contributed by atoms with van der Waals surface area (Å²) in [5.74, 6) is 1.92. The number of carboxylic acid groups (broad SMARTS) is 1. The van der Waals surface area contributed by atoms with Gasteiger partial charge in [-0.3, -0.25) is 9.59 Å². The van der Waals surface area contributed by atoms with Crippen LogP contribution < -0.4 is 21.7 Å². The van der Waals surface area contributed by atoms with Crippen molar-refractivity contribution < 1.29 is 14.7 Å². The molecule has 7 heteroatoms. The number of rotatable bonds is 35. The normalized spacial score (nSPS) is 17.9. The molecule has 1 aliphatic carbocycles. The fourth-order valence-corrected chi connectivity index (χ4v) is 7.56. The summed E-state index contributed by atoms with van der Waals surface area (Å²) in [5.41, 5.74) is 7.23. The number of unbranched alkanes of at least 4 members (excludes halogenated alkanes) is 14. The quantitative estimate of drug-likeness (QED) is 0.0335. The molecule has 6 N–H and O–H groups in total. The summed E-state index contributed by atoms with van der Waals surface area (Å²) < 4.78 is 0. The van der Waals surface area contributed by atoms with Crippen molar-refractivity contribution >= 4 is 11.9 Å². The van der Waals surface area contributed by atoms with Gasteiger partial charge in [0.15, 0.2) is 0 Å². The summed E-state index contributed by atoms with van der Waals surface area (Å²) in [4.78, 5) is 22.9. The van der Waals surface area contributed by atoms with Crippen LogP contribution in [0.25, 0.3) is 0 Å². The van der Waals surface area contributed by atoms with Crippen molar-refractivity contribution in [3.8, 4) is 0 Å². The molecule has 0 heterocycles. The average molecular weight is 689 g/mol. The van der Waals surface area contributed by atoms with Gasteiger partial charge in [0.05, 0.1) is 0 Å². The summed E-state index contributed by atoms with van der Waals surface area (Å²) >= 11 is 0. The van der Waals surface area contributed by atoms with Crippen LogP contribution >= 0.6 is 0 Å². The molecule has 0 aliphatic heterocycles. The summed E-state index contributed by atoms with van der Waals surface area (Å²) in [5, 5.41) is 18.5. The van der Waals surface area contributed by atoms with Crippen LogP contribution in [0.1, 0.15) is 174 Å². The zero-order valence-electron chi connectivity index (χ0n) is 32.2. The Morgan fingerprint density at radius 3 is 2.04 bits per heavy atom. The third-order valence-electron chi connectivity index (χ3n) is 10.5. The minimum Gasteiger partial charge on any atom is -0.481 e. The molecule has 49 heavy (non-hydrogen) atoms. The number of amides is 1. The highest BCUT2D eigenvalue weighted by molar-refractivity contribution is 5.75. The van der Waals surface area contributed by atoms with Crippen LogP contribution in [-0.2, 0) is 9.59 Å². The molecule has 1 amide bonds. The fourth-order valence-electron chi connectivity index (χ4n) is 7.56. The topological polar surface area (TPSA) is 116 Å². The second kappa shape index (κ2) is 33.4. The number of hydrogen-bond acceptors (Lipinski definition) is 5. The van der Waals surface area contributed by atoms with E-state index in [2.05, 4.69) is 48.0 Å². The van der Waals surface area contributed by atoms with Gasteiger partial charge in [0.1, 0.15) is 0 Å². The van der Waals surface area contributed by atoms with Crippen LogP contribution in [0.5, 0.6) is 0 Å². The van der Waals surface area contributed by atoms with Crippen LogP contribution in [0.3, 0.4) is 0 Å². The van der Waals surface area contributed by atoms with Crippen molar-refractivity contribution in [1.29, 1.82) is 0 Å². The molecule has 3 atom stereocenters. The fraction of sp³-hybridized carbons (Fsp3) is 0.857. The molecule has 0 aromatic heterocycles. The van der Waals surface area contributed by atoms with E-state index in [1.54, 1.807) is 5.57 Å². The Hall–Kier alpha value is -1.70. The molecule has 0 fully saturated rings. The highest BCUT2D eigenvalue weighted by Gasteiger charge is 2.33. The largest absolute Gasteiger partial charge is 0.481 e.